The molecule has 0 N–H and O–H groups in total. The van der Waals surface area contributed by atoms with Crippen molar-refractivity contribution in [2.24, 2.45) is 0 Å². The van der Waals surface area contributed by atoms with Crippen molar-refractivity contribution in [2.45, 2.75) is 367 Å². The molecule has 454 valence electrons. The van der Waals surface area contributed by atoms with Gasteiger partial charge in [-0.15, -0.1) is 0 Å². The fourth-order valence-electron chi connectivity index (χ4n) is 10.1. The van der Waals surface area contributed by atoms with Crippen LogP contribution in [0.25, 0.3) is 0 Å². The van der Waals surface area contributed by atoms with Gasteiger partial charge in [0.1, 0.15) is 13.2 Å². The van der Waals surface area contributed by atoms with Crippen LogP contribution in [0.4, 0.5) is 0 Å². The van der Waals surface area contributed by atoms with Crippen molar-refractivity contribution in [3.63, 3.8) is 0 Å². The molecule has 0 aromatic carbocycles. The van der Waals surface area contributed by atoms with E-state index in [0.717, 1.165) is 96.3 Å². The lowest BCUT2D eigenvalue weighted by Crippen LogP contribution is -2.30. The molecular weight excluding hydrogens is 961 g/mol. The molecule has 0 aliphatic rings. The molecule has 0 bridgehead atoms. The Kier molecular flexibility index (Phi) is 64.2. The van der Waals surface area contributed by atoms with Crippen LogP contribution in [0, 0.1) is 0 Å². The quantitative estimate of drug-likeness (QED) is 0.0261. The van der Waals surface area contributed by atoms with Crippen LogP contribution in [0.1, 0.15) is 361 Å². The minimum atomic E-state index is -0.783. The number of unbranched alkanes of at least 4 members (excludes halogenated alkanes) is 42. The predicted octanol–water partition coefficient (Wildman–Crippen LogP) is 23.5. The first-order valence-corrected chi connectivity index (χ1v) is 34.3. The molecule has 0 aliphatic carbocycles. The van der Waals surface area contributed by atoms with E-state index in [2.05, 4.69) is 81.5 Å². The molecule has 0 radical (unpaired) electrons. The standard InChI is InChI=1S/C72H130O6/c1-4-7-10-13-16-19-22-25-28-31-32-33-34-35-36-37-38-39-42-44-47-50-53-56-59-62-65-71(74)77-68-69(78-72(75)66-63-60-57-54-51-48-45-41-30-27-24-21-18-15-12-9-6-3)67-76-70(73)64-61-58-55-52-49-46-43-40-29-26-23-20-17-14-11-8-5-2/h9,12,17-18,20-21,26-27,29-30,69H,4-8,10-11,13-16,19,22-25,28,31-68H2,1-3H3/b12-9-,20-17-,21-18-,29-26-,30-27-. The summed E-state index contributed by atoms with van der Waals surface area (Å²) in [5.41, 5.74) is 0. The summed E-state index contributed by atoms with van der Waals surface area (Å²) in [6.45, 7) is 6.55. The van der Waals surface area contributed by atoms with E-state index in [9.17, 15) is 14.4 Å². The van der Waals surface area contributed by atoms with E-state index < -0.39 is 6.10 Å². The molecule has 78 heavy (non-hydrogen) atoms. The Morgan fingerprint density at radius 3 is 0.808 bits per heavy atom. The number of ether oxygens (including phenoxy) is 3. The molecule has 0 fully saturated rings. The van der Waals surface area contributed by atoms with Gasteiger partial charge in [0.25, 0.3) is 0 Å². The van der Waals surface area contributed by atoms with Crippen LogP contribution in [-0.2, 0) is 28.6 Å². The molecule has 6 heteroatoms. The molecular formula is C72H130O6. The van der Waals surface area contributed by atoms with Crippen molar-refractivity contribution < 1.29 is 28.6 Å². The largest absolute Gasteiger partial charge is 0.462 e. The Labute approximate surface area is 485 Å². The fraction of sp³-hybridized carbons (Fsp3) is 0.819. The summed E-state index contributed by atoms with van der Waals surface area (Å²) < 4.78 is 17.0. The van der Waals surface area contributed by atoms with Gasteiger partial charge in [-0.3, -0.25) is 14.4 Å². The number of allylic oxidation sites excluding steroid dienone is 10. The summed E-state index contributed by atoms with van der Waals surface area (Å²) in [4.78, 5) is 38.4. The van der Waals surface area contributed by atoms with Gasteiger partial charge in [0.2, 0.25) is 0 Å². The molecule has 6 nitrogen and oxygen atoms in total. The molecule has 0 aliphatic heterocycles. The predicted molar refractivity (Wildman–Crippen MR) is 339 cm³/mol. The van der Waals surface area contributed by atoms with Crippen LogP contribution < -0.4 is 0 Å². The van der Waals surface area contributed by atoms with Crippen LogP contribution in [0.2, 0.25) is 0 Å². The summed E-state index contributed by atoms with van der Waals surface area (Å²) >= 11 is 0. The maximum Gasteiger partial charge on any atom is 0.306 e. The monoisotopic (exact) mass is 1090 g/mol. The SMILES string of the molecule is CC/C=C\C/C=C\C/C=C\CCCCCCCCCC(=O)OC(COC(=O)CCCCCCCCC/C=C\C/C=C\CCCCC)COC(=O)CCCCCCCCCCCCCCCCCCCCCCCCCCCC. The van der Waals surface area contributed by atoms with Crippen LogP contribution in [0.3, 0.4) is 0 Å². The lowest BCUT2D eigenvalue weighted by Gasteiger charge is -2.18. The zero-order chi connectivity index (χ0) is 56.4. The first-order valence-electron chi connectivity index (χ1n) is 34.3. The summed E-state index contributed by atoms with van der Waals surface area (Å²) in [7, 11) is 0. The van der Waals surface area contributed by atoms with E-state index >= 15 is 0 Å². The third kappa shape index (κ3) is 63.9. The Morgan fingerprint density at radius 1 is 0.269 bits per heavy atom. The van der Waals surface area contributed by atoms with Crippen LogP contribution in [0.15, 0.2) is 60.8 Å². The summed E-state index contributed by atoms with van der Waals surface area (Å²) in [6.07, 6.45) is 85.3. The smallest absolute Gasteiger partial charge is 0.306 e. The molecule has 0 saturated heterocycles. The zero-order valence-corrected chi connectivity index (χ0v) is 52.2. The van der Waals surface area contributed by atoms with Crippen molar-refractivity contribution in [3.8, 4) is 0 Å². The Balaban J connectivity index is 4.28. The van der Waals surface area contributed by atoms with Crippen molar-refractivity contribution >= 4 is 17.9 Å². The molecule has 0 aromatic rings. The van der Waals surface area contributed by atoms with Gasteiger partial charge in [-0.2, -0.15) is 0 Å². The average molecular weight is 1090 g/mol. The second-order valence-electron chi connectivity index (χ2n) is 23.1. The molecule has 0 rings (SSSR count). The fourth-order valence-corrected chi connectivity index (χ4v) is 10.1. The second-order valence-corrected chi connectivity index (χ2v) is 23.1. The maximum atomic E-state index is 12.9. The summed E-state index contributed by atoms with van der Waals surface area (Å²) in [5.74, 6) is -0.874. The highest BCUT2D eigenvalue weighted by Crippen LogP contribution is 2.18. The lowest BCUT2D eigenvalue weighted by molar-refractivity contribution is -0.167. The number of esters is 3. The van der Waals surface area contributed by atoms with E-state index in [-0.39, 0.29) is 31.1 Å². The number of carbonyl (C=O) groups excluding carboxylic acids is 3. The molecule has 0 aromatic heterocycles. The molecule has 0 amide bonds. The second kappa shape index (κ2) is 66.6. The third-order valence-electron chi connectivity index (χ3n) is 15.3. The van der Waals surface area contributed by atoms with Gasteiger partial charge in [-0.05, 0) is 83.5 Å². The third-order valence-corrected chi connectivity index (χ3v) is 15.3. The van der Waals surface area contributed by atoms with Crippen molar-refractivity contribution in [3.05, 3.63) is 60.8 Å². The molecule has 1 atom stereocenters. The molecule has 0 heterocycles. The Bertz CT molecular complexity index is 1390. The topological polar surface area (TPSA) is 78.9 Å². The minimum absolute atomic E-state index is 0.0776. The highest BCUT2D eigenvalue weighted by atomic mass is 16.6. The van der Waals surface area contributed by atoms with E-state index in [0.29, 0.717) is 19.3 Å². The number of hydrogen-bond donors (Lipinski definition) is 0. The minimum Gasteiger partial charge on any atom is -0.462 e. The molecule has 0 saturated carbocycles. The maximum absolute atomic E-state index is 12.9. The summed E-state index contributed by atoms with van der Waals surface area (Å²) in [5, 5.41) is 0. The van der Waals surface area contributed by atoms with Gasteiger partial charge in [0.05, 0.1) is 0 Å². The van der Waals surface area contributed by atoms with E-state index in [4.69, 9.17) is 14.2 Å². The van der Waals surface area contributed by atoms with Crippen LogP contribution >= 0.6 is 0 Å². The normalized spacial score (nSPS) is 12.4. The van der Waals surface area contributed by atoms with Crippen molar-refractivity contribution in [1.82, 2.24) is 0 Å². The summed E-state index contributed by atoms with van der Waals surface area (Å²) in [6, 6.07) is 0. The number of carbonyl (C=O) groups is 3. The van der Waals surface area contributed by atoms with Gasteiger partial charge < -0.3 is 14.2 Å². The Hall–Kier alpha value is -2.89. The van der Waals surface area contributed by atoms with Gasteiger partial charge in [-0.25, -0.2) is 0 Å². The lowest BCUT2D eigenvalue weighted by atomic mass is 10.0. The number of rotatable bonds is 63. The average Bonchev–Trinajstić information content (AvgIpc) is 3.44. The van der Waals surface area contributed by atoms with Gasteiger partial charge in [-0.1, -0.05) is 319 Å². The van der Waals surface area contributed by atoms with E-state index in [1.807, 2.05) is 0 Å². The Morgan fingerprint density at radius 2 is 0.500 bits per heavy atom. The highest BCUT2D eigenvalue weighted by Gasteiger charge is 2.19. The van der Waals surface area contributed by atoms with Crippen LogP contribution in [0.5, 0.6) is 0 Å². The first-order chi connectivity index (χ1) is 38.5. The zero-order valence-electron chi connectivity index (χ0n) is 52.2. The van der Waals surface area contributed by atoms with Crippen molar-refractivity contribution in [1.29, 1.82) is 0 Å². The van der Waals surface area contributed by atoms with Gasteiger partial charge in [0, 0.05) is 19.3 Å². The van der Waals surface area contributed by atoms with E-state index in [1.165, 1.54) is 225 Å². The number of hydrogen-bond acceptors (Lipinski definition) is 6. The van der Waals surface area contributed by atoms with Gasteiger partial charge in [0.15, 0.2) is 6.10 Å². The highest BCUT2D eigenvalue weighted by molar-refractivity contribution is 5.71. The molecule has 1 unspecified atom stereocenters. The van der Waals surface area contributed by atoms with Crippen molar-refractivity contribution in [2.75, 3.05) is 13.2 Å². The van der Waals surface area contributed by atoms with E-state index in [1.54, 1.807) is 0 Å². The first kappa shape index (κ1) is 75.1. The van der Waals surface area contributed by atoms with Gasteiger partial charge >= 0.3 is 17.9 Å². The van der Waals surface area contributed by atoms with Crippen LogP contribution in [-0.4, -0.2) is 37.2 Å². The molecule has 0 spiro atoms.